The van der Waals surface area contributed by atoms with Crippen molar-refractivity contribution in [2.45, 2.75) is 37.3 Å². The highest BCUT2D eigenvalue weighted by Crippen LogP contribution is 2.22. The molecule has 31 heavy (non-hydrogen) atoms. The van der Waals surface area contributed by atoms with Gasteiger partial charge in [0.05, 0.1) is 4.90 Å². The second-order valence-electron chi connectivity index (χ2n) is 9.02. The summed E-state index contributed by atoms with van der Waals surface area (Å²) in [4.78, 5) is 28.3. The number of hydrogen-bond acceptors (Lipinski definition) is 5. The highest BCUT2D eigenvalue weighted by molar-refractivity contribution is 7.91. The number of nitrogens with zero attached hydrogens (tertiary/aromatic N) is 2. The summed E-state index contributed by atoms with van der Waals surface area (Å²) in [5.41, 5.74) is 0.168. The van der Waals surface area contributed by atoms with E-state index in [0.29, 0.717) is 32.5 Å². The Hall–Kier alpha value is -2.07. The van der Waals surface area contributed by atoms with E-state index in [-0.39, 0.29) is 28.7 Å². The summed E-state index contributed by atoms with van der Waals surface area (Å²) in [6.45, 7) is 6.39. The topological polar surface area (TPSA) is 86.8 Å². The molecule has 2 amide bonds. The largest absolute Gasteiger partial charge is 0.355 e. The van der Waals surface area contributed by atoms with Crippen molar-refractivity contribution in [3.63, 3.8) is 0 Å². The lowest BCUT2D eigenvalue weighted by molar-refractivity contribution is -0.126. The lowest BCUT2D eigenvalue weighted by atomic mass is 9.91. The van der Waals surface area contributed by atoms with E-state index >= 15 is 0 Å². The summed E-state index contributed by atoms with van der Waals surface area (Å²) < 4.78 is 48.2. The number of alkyl halides is 2. The van der Waals surface area contributed by atoms with Crippen LogP contribution in [0.25, 0.3) is 0 Å². The summed E-state index contributed by atoms with van der Waals surface area (Å²) in [5, 5.41) is 3.02. The minimum atomic E-state index is -4.69. The quantitative estimate of drug-likeness (QED) is 0.644. The fourth-order valence-corrected chi connectivity index (χ4v) is 4.52. The number of amides is 2. The molecule has 10 heteroatoms. The zero-order valence-corrected chi connectivity index (χ0v) is 19.2. The number of carbonyl (C=O) groups excluding carboxylic acids is 2. The van der Waals surface area contributed by atoms with Gasteiger partial charge < -0.3 is 15.1 Å². The molecule has 0 radical (unpaired) electrons. The highest BCUT2D eigenvalue weighted by atomic mass is 32.2. The molecule has 0 unspecified atom stereocenters. The Bertz CT molecular complexity index is 878. The average Bonchev–Trinajstić information content (AvgIpc) is 2.70. The summed E-state index contributed by atoms with van der Waals surface area (Å²) in [6, 6.07) is 4.52. The number of carbonyl (C=O) groups is 2. The van der Waals surface area contributed by atoms with Crippen molar-refractivity contribution in [3.05, 3.63) is 29.8 Å². The molecule has 1 N–H and O–H groups in total. The van der Waals surface area contributed by atoms with Gasteiger partial charge in [0.1, 0.15) is 0 Å². The maximum absolute atomic E-state index is 12.7. The van der Waals surface area contributed by atoms with Crippen LogP contribution in [-0.4, -0.2) is 76.1 Å². The van der Waals surface area contributed by atoms with Crippen LogP contribution in [0.2, 0.25) is 0 Å². The van der Waals surface area contributed by atoms with Gasteiger partial charge in [-0.25, -0.2) is 8.42 Å². The van der Waals surface area contributed by atoms with Crippen LogP contribution in [0.1, 0.15) is 37.0 Å². The van der Waals surface area contributed by atoms with E-state index < -0.39 is 20.5 Å². The minimum Gasteiger partial charge on any atom is -0.355 e. The van der Waals surface area contributed by atoms with Crippen LogP contribution in [0.15, 0.2) is 29.2 Å². The van der Waals surface area contributed by atoms with Gasteiger partial charge in [0, 0.05) is 37.7 Å². The van der Waals surface area contributed by atoms with Gasteiger partial charge in [-0.1, -0.05) is 13.8 Å². The first-order chi connectivity index (χ1) is 14.3. The number of halogens is 2. The van der Waals surface area contributed by atoms with Crippen molar-refractivity contribution in [2.24, 2.45) is 11.3 Å². The Morgan fingerprint density at radius 3 is 2.19 bits per heavy atom. The maximum atomic E-state index is 12.7. The number of sulfone groups is 1. The predicted octanol–water partition coefficient (Wildman–Crippen LogP) is 2.24. The smallest absolute Gasteiger partial charge is 0.341 e. The molecule has 0 saturated carbocycles. The van der Waals surface area contributed by atoms with Crippen molar-refractivity contribution in [1.29, 1.82) is 0 Å². The van der Waals surface area contributed by atoms with Gasteiger partial charge in [0.25, 0.3) is 5.91 Å². The van der Waals surface area contributed by atoms with Crippen LogP contribution < -0.4 is 5.32 Å². The molecule has 174 valence electrons. The molecule has 1 aliphatic rings. The number of likely N-dealkylation sites (tertiary alicyclic amines) is 1. The summed E-state index contributed by atoms with van der Waals surface area (Å²) in [5.74, 6) is -4.00. The molecule has 1 saturated heterocycles. The summed E-state index contributed by atoms with van der Waals surface area (Å²) in [6.07, 6.45) is 1.06. The Balaban J connectivity index is 1.89. The summed E-state index contributed by atoms with van der Waals surface area (Å²) in [7, 11) is -0.714. The second-order valence-corrected chi connectivity index (χ2v) is 10.9. The molecule has 0 aliphatic carbocycles. The van der Waals surface area contributed by atoms with Gasteiger partial charge in [-0.2, -0.15) is 8.78 Å². The molecule has 1 aromatic rings. The zero-order valence-electron chi connectivity index (χ0n) is 18.4. The SMILES string of the molecule is CN(C)CC(C)(C)CNC(=O)C1CCN(C(=O)c2ccc(S(=O)(=O)C(F)F)cc2)CC1. The van der Waals surface area contributed by atoms with Gasteiger partial charge >= 0.3 is 5.76 Å². The fraction of sp³-hybridized carbons (Fsp3) is 0.619. The van der Waals surface area contributed by atoms with E-state index in [1.165, 1.54) is 12.1 Å². The molecule has 1 aromatic carbocycles. The maximum Gasteiger partial charge on any atom is 0.341 e. The lowest BCUT2D eigenvalue weighted by Crippen LogP contribution is -2.46. The van der Waals surface area contributed by atoms with Crippen molar-refractivity contribution in [1.82, 2.24) is 15.1 Å². The molecule has 1 heterocycles. The molecule has 7 nitrogen and oxygen atoms in total. The third-order valence-corrected chi connectivity index (χ3v) is 6.70. The first kappa shape index (κ1) is 25.2. The highest BCUT2D eigenvalue weighted by Gasteiger charge is 2.30. The molecular formula is C21H31F2N3O4S. The Kier molecular flexibility index (Phi) is 8.15. The number of rotatable bonds is 8. The third-order valence-electron chi connectivity index (χ3n) is 5.30. The first-order valence-electron chi connectivity index (χ1n) is 10.2. The van der Waals surface area contributed by atoms with E-state index in [1.54, 1.807) is 4.90 Å². The van der Waals surface area contributed by atoms with Gasteiger partial charge in [-0.3, -0.25) is 9.59 Å². The van der Waals surface area contributed by atoms with Gasteiger partial charge in [0.2, 0.25) is 15.7 Å². The van der Waals surface area contributed by atoms with Crippen LogP contribution in [0.3, 0.4) is 0 Å². The molecule has 1 fully saturated rings. The molecule has 0 atom stereocenters. The number of hydrogen-bond donors (Lipinski definition) is 1. The number of nitrogens with one attached hydrogen (secondary N) is 1. The van der Waals surface area contributed by atoms with E-state index in [9.17, 15) is 26.8 Å². The molecule has 0 spiro atoms. The van der Waals surface area contributed by atoms with Crippen molar-refractivity contribution in [2.75, 3.05) is 40.3 Å². The number of piperidine rings is 1. The van der Waals surface area contributed by atoms with Crippen molar-refractivity contribution >= 4 is 21.7 Å². The van der Waals surface area contributed by atoms with Crippen LogP contribution in [0.4, 0.5) is 8.78 Å². The summed E-state index contributed by atoms with van der Waals surface area (Å²) >= 11 is 0. The molecule has 0 bridgehead atoms. The van der Waals surface area contributed by atoms with Crippen molar-refractivity contribution < 1.29 is 26.8 Å². The first-order valence-corrected chi connectivity index (χ1v) is 11.7. The second kappa shape index (κ2) is 10.0. The number of benzene rings is 1. The Morgan fingerprint density at radius 1 is 1.16 bits per heavy atom. The fourth-order valence-electron chi connectivity index (χ4n) is 3.80. The van der Waals surface area contributed by atoms with E-state index in [4.69, 9.17) is 0 Å². The average molecular weight is 460 g/mol. The predicted molar refractivity (Wildman–Crippen MR) is 114 cm³/mol. The van der Waals surface area contributed by atoms with Gasteiger partial charge in [-0.15, -0.1) is 0 Å². The molecule has 2 rings (SSSR count). The Morgan fingerprint density at radius 2 is 1.71 bits per heavy atom. The normalized spacial score (nSPS) is 16.1. The third kappa shape index (κ3) is 6.70. The lowest BCUT2D eigenvalue weighted by Gasteiger charge is -2.33. The van der Waals surface area contributed by atoms with Gasteiger partial charge in [-0.05, 0) is 56.6 Å². The molecular weight excluding hydrogens is 428 g/mol. The van der Waals surface area contributed by atoms with Crippen LogP contribution in [0.5, 0.6) is 0 Å². The van der Waals surface area contributed by atoms with E-state index in [2.05, 4.69) is 24.1 Å². The van der Waals surface area contributed by atoms with Crippen LogP contribution >= 0.6 is 0 Å². The Labute approximate surface area is 182 Å². The zero-order chi connectivity index (χ0) is 23.4. The van der Waals surface area contributed by atoms with E-state index in [1.807, 2.05) is 14.1 Å². The monoisotopic (exact) mass is 459 g/mol. The molecule has 0 aromatic heterocycles. The van der Waals surface area contributed by atoms with Crippen molar-refractivity contribution in [3.8, 4) is 0 Å². The van der Waals surface area contributed by atoms with E-state index in [0.717, 1.165) is 18.7 Å². The molecule has 1 aliphatic heterocycles. The minimum absolute atomic E-state index is 0.0134. The van der Waals surface area contributed by atoms with Crippen LogP contribution in [-0.2, 0) is 14.6 Å². The van der Waals surface area contributed by atoms with Crippen LogP contribution in [0, 0.1) is 11.3 Å². The standard InChI is InChI=1S/C21H31F2N3O4S/c1-21(2,14-25(3)4)13-24-18(27)15-9-11-26(12-10-15)19(28)16-5-7-17(8-6-16)31(29,30)20(22)23/h5-8,15,20H,9-14H2,1-4H3,(H,24,27). The van der Waals surface area contributed by atoms with Gasteiger partial charge in [0.15, 0.2) is 0 Å².